The summed E-state index contributed by atoms with van der Waals surface area (Å²) in [6, 6.07) is 11.9. The molecule has 1 aliphatic rings. The lowest BCUT2D eigenvalue weighted by Crippen LogP contribution is -2.51. The van der Waals surface area contributed by atoms with Gasteiger partial charge in [-0.3, -0.25) is 4.79 Å². The van der Waals surface area contributed by atoms with Crippen molar-refractivity contribution in [3.63, 3.8) is 0 Å². The number of aryl methyl sites for hydroxylation is 1. The largest absolute Gasteiger partial charge is 0.372 e. The third-order valence-electron chi connectivity index (χ3n) is 5.70. The minimum Gasteiger partial charge on any atom is -0.372 e. The number of nitrogens with one attached hydrogen (secondary N) is 1. The zero-order chi connectivity index (χ0) is 23.3. The molecule has 2 aromatic rings. The second kappa shape index (κ2) is 10.4. The van der Waals surface area contributed by atoms with Crippen LogP contribution in [0.3, 0.4) is 0 Å². The number of benzene rings is 2. The van der Waals surface area contributed by atoms with Crippen molar-refractivity contribution in [3.8, 4) is 0 Å². The molecule has 0 bridgehead atoms. The maximum absolute atomic E-state index is 14.0. The van der Waals surface area contributed by atoms with Gasteiger partial charge >= 0.3 is 0 Å². The molecule has 1 fully saturated rings. The molecule has 1 amide bonds. The average molecular weight is 463 g/mol. The summed E-state index contributed by atoms with van der Waals surface area (Å²) in [5.41, 5.74) is 2.95. The number of carbonyl (C=O) groups is 1. The van der Waals surface area contributed by atoms with Crippen LogP contribution >= 0.6 is 0 Å². The number of nitrogens with zero attached hydrogens (tertiary/aromatic N) is 3. The molecule has 0 aromatic heterocycles. The van der Waals surface area contributed by atoms with Crippen molar-refractivity contribution in [1.29, 1.82) is 0 Å². The van der Waals surface area contributed by atoms with Gasteiger partial charge in [0.2, 0.25) is 5.91 Å². The van der Waals surface area contributed by atoms with Gasteiger partial charge in [0.15, 0.2) is 0 Å². The van der Waals surface area contributed by atoms with Gasteiger partial charge in [-0.1, -0.05) is 18.2 Å². The van der Waals surface area contributed by atoms with Gasteiger partial charge in [-0.25, -0.2) is 4.39 Å². The van der Waals surface area contributed by atoms with Gasteiger partial charge < -0.3 is 10.2 Å². The van der Waals surface area contributed by atoms with Gasteiger partial charge in [-0.15, -0.1) is 0 Å². The van der Waals surface area contributed by atoms with Crippen LogP contribution in [-0.2, 0) is 21.5 Å². The molecule has 9 heteroatoms. The van der Waals surface area contributed by atoms with Crippen molar-refractivity contribution in [1.82, 2.24) is 8.61 Å². The van der Waals surface area contributed by atoms with E-state index in [0.29, 0.717) is 24.2 Å². The highest BCUT2D eigenvalue weighted by Crippen LogP contribution is 2.24. The van der Waals surface area contributed by atoms with E-state index in [4.69, 9.17) is 0 Å². The molecule has 0 radical (unpaired) electrons. The summed E-state index contributed by atoms with van der Waals surface area (Å²) in [5, 5.41) is 2.83. The molecule has 0 aliphatic carbocycles. The van der Waals surface area contributed by atoms with E-state index in [1.54, 1.807) is 18.2 Å². The summed E-state index contributed by atoms with van der Waals surface area (Å²) >= 11 is 0. The SMILES string of the molecule is CCN(CC)c1ccc(NC(=O)CN2CCCN(Cc3ccccc3F)S2(=O)=O)c(C)c1. The number of hydrogen-bond acceptors (Lipinski definition) is 4. The van der Waals surface area contributed by atoms with Crippen LogP contribution in [0.4, 0.5) is 15.8 Å². The fourth-order valence-electron chi connectivity index (χ4n) is 3.88. The van der Waals surface area contributed by atoms with Crippen LogP contribution in [0.25, 0.3) is 0 Å². The number of amides is 1. The molecule has 32 heavy (non-hydrogen) atoms. The molecule has 2 aromatic carbocycles. The highest BCUT2D eigenvalue weighted by atomic mass is 32.2. The van der Waals surface area contributed by atoms with E-state index in [0.717, 1.165) is 28.6 Å². The van der Waals surface area contributed by atoms with E-state index in [1.807, 2.05) is 25.1 Å². The van der Waals surface area contributed by atoms with E-state index in [9.17, 15) is 17.6 Å². The Morgan fingerprint density at radius 2 is 1.78 bits per heavy atom. The Morgan fingerprint density at radius 3 is 2.44 bits per heavy atom. The lowest BCUT2D eigenvalue weighted by molar-refractivity contribution is -0.116. The molecule has 0 unspecified atom stereocenters. The molecular weight excluding hydrogens is 431 g/mol. The van der Waals surface area contributed by atoms with Gasteiger partial charge in [0.25, 0.3) is 10.2 Å². The summed E-state index contributed by atoms with van der Waals surface area (Å²) in [7, 11) is -3.87. The molecule has 1 N–H and O–H groups in total. The number of halogens is 1. The number of anilines is 2. The summed E-state index contributed by atoms with van der Waals surface area (Å²) < 4.78 is 42.4. The van der Waals surface area contributed by atoms with Crippen molar-refractivity contribution in [2.24, 2.45) is 0 Å². The lowest BCUT2D eigenvalue weighted by Gasteiger charge is -2.34. The van der Waals surface area contributed by atoms with Crippen LogP contribution in [-0.4, -0.2) is 55.7 Å². The molecule has 0 spiro atoms. The zero-order valence-electron chi connectivity index (χ0n) is 18.8. The van der Waals surface area contributed by atoms with Crippen molar-refractivity contribution in [2.45, 2.75) is 33.7 Å². The quantitative estimate of drug-likeness (QED) is 0.653. The maximum atomic E-state index is 14.0. The summed E-state index contributed by atoms with van der Waals surface area (Å²) in [5.74, 6) is -0.846. The maximum Gasteiger partial charge on any atom is 0.282 e. The second-order valence-corrected chi connectivity index (χ2v) is 9.77. The van der Waals surface area contributed by atoms with E-state index < -0.39 is 21.9 Å². The highest BCUT2D eigenvalue weighted by Gasteiger charge is 2.35. The van der Waals surface area contributed by atoms with E-state index in [1.165, 1.54) is 10.4 Å². The smallest absolute Gasteiger partial charge is 0.282 e. The van der Waals surface area contributed by atoms with E-state index >= 15 is 0 Å². The van der Waals surface area contributed by atoms with Crippen LogP contribution in [0, 0.1) is 12.7 Å². The third kappa shape index (κ3) is 5.46. The number of rotatable bonds is 8. The molecule has 0 saturated carbocycles. The first-order valence-electron chi connectivity index (χ1n) is 10.9. The monoisotopic (exact) mass is 462 g/mol. The third-order valence-corrected chi connectivity index (χ3v) is 7.63. The van der Waals surface area contributed by atoms with Crippen LogP contribution < -0.4 is 10.2 Å². The molecule has 1 heterocycles. The van der Waals surface area contributed by atoms with Crippen LogP contribution in [0.15, 0.2) is 42.5 Å². The van der Waals surface area contributed by atoms with Crippen molar-refractivity contribution >= 4 is 27.5 Å². The second-order valence-electron chi connectivity index (χ2n) is 7.84. The van der Waals surface area contributed by atoms with Crippen molar-refractivity contribution in [3.05, 3.63) is 59.4 Å². The van der Waals surface area contributed by atoms with Crippen molar-refractivity contribution in [2.75, 3.05) is 42.9 Å². The van der Waals surface area contributed by atoms with Gasteiger partial charge in [0, 0.05) is 49.7 Å². The van der Waals surface area contributed by atoms with Gasteiger partial charge in [-0.2, -0.15) is 17.0 Å². The lowest BCUT2D eigenvalue weighted by atomic mass is 10.1. The van der Waals surface area contributed by atoms with Crippen LogP contribution in [0.1, 0.15) is 31.4 Å². The standard InChI is InChI=1S/C23H31FN4O3S/c1-4-26(5-2)20-11-12-22(18(3)15-20)25-23(29)17-28-14-8-13-27(32(28,30)31)16-19-9-6-7-10-21(19)24/h6-7,9-12,15H,4-5,8,13-14,16-17H2,1-3H3,(H,25,29). The molecule has 1 saturated heterocycles. The Balaban J connectivity index is 1.67. The topological polar surface area (TPSA) is 73.0 Å². The molecule has 7 nitrogen and oxygen atoms in total. The Morgan fingerprint density at radius 1 is 1.09 bits per heavy atom. The summed E-state index contributed by atoms with van der Waals surface area (Å²) in [4.78, 5) is 14.9. The first-order chi connectivity index (χ1) is 15.3. The zero-order valence-corrected chi connectivity index (χ0v) is 19.7. The normalized spacial score (nSPS) is 16.6. The van der Waals surface area contributed by atoms with E-state index in [-0.39, 0.29) is 19.6 Å². The van der Waals surface area contributed by atoms with Crippen molar-refractivity contribution < 1.29 is 17.6 Å². The number of carbonyl (C=O) groups excluding carboxylic acids is 1. The highest BCUT2D eigenvalue weighted by molar-refractivity contribution is 7.86. The first kappa shape index (κ1) is 24.2. The Labute approximate surface area is 190 Å². The summed E-state index contributed by atoms with van der Waals surface area (Å²) in [6.45, 7) is 8.06. The predicted molar refractivity (Wildman–Crippen MR) is 125 cm³/mol. The molecule has 1 aliphatic heterocycles. The minimum absolute atomic E-state index is 0.0565. The molecule has 174 valence electrons. The van der Waals surface area contributed by atoms with Crippen LogP contribution in [0.5, 0.6) is 0 Å². The summed E-state index contributed by atoms with van der Waals surface area (Å²) in [6.07, 6.45) is 0.568. The minimum atomic E-state index is -3.87. The van der Waals surface area contributed by atoms with Crippen LogP contribution in [0.2, 0.25) is 0 Å². The molecular formula is C23H31FN4O3S. The Kier molecular flexibility index (Phi) is 7.86. The number of hydrogen-bond donors (Lipinski definition) is 1. The fraction of sp³-hybridized carbons (Fsp3) is 0.435. The predicted octanol–water partition coefficient (Wildman–Crippen LogP) is 3.37. The fourth-order valence-corrected chi connectivity index (χ4v) is 5.51. The van der Waals surface area contributed by atoms with E-state index in [2.05, 4.69) is 24.1 Å². The average Bonchev–Trinajstić information content (AvgIpc) is 2.75. The Hall–Kier alpha value is -2.49. The molecule has 3 rings (SSSR count). The van der Waals surface area contributed by atoms with Gasteiger partial charge in [0.1, 0.15) is 5.82 Å². The molecule has 0 atom stereocenters. The first-order valence-corrected chi connectivity index (χ1v) is 12.3. The Bertz CT molecular complexity index is 1060. The van der Waals surface area contributed by atoms with Gasteiger partial charge in [0.05, 0.1) is 6.54 Å². The van der Waals surface area contributed by atoms with Gasteiger partial charge in [-0.05, 0) is 57.0 Å².